The second-order valence-corrected chi connectivity index (χ2v) is 5.19. The van der Waals surface area contributed by atoms with Gasteiger partial charge in [0.2, 0.25) is 0 Å². The zero-order valence-corrected chi connectivity index (χ0v) is 12.8. The molecule has 0 saturated carbocycles. The largest absolute Gasteiger partial charge is 0.355 e. The molecule has 0 spiro atoms. The summed E-state index contributed by atoms with van der Waals surface area (Å²) in [6.45, 7) is 0. The number of rotatable bonds is 4. The average Bonchev–Trinajstić information content (AvgIpc) is 2.60. The molecule has 1 N–H and O–H groups in total. The van der Waals surface area contributed by atoms with Gasteiger partial charge in [0.15, 0.2) is 11.5 Å². The van der Waals surface area contributed by atoms with Gasteiger partial charge < -0.3 is 5.32 Å². The van der Waals surface area contributed by atoms with Gasteiger partial charge in [-0.25, -0.2) is 9.97 Å². The van der Waals surface area contributed by atoms with E-state index in [4.69, 9.17) is 11.6 Å². The number of aromatic nitrogens is 3. The van der Waals surface area contributed by atoms with Crippen molar-refractivity contribution in [3.63, 3.8) is 0 Å². The van der Waals surface area contributed by atoms with E-state index in [9.17, 15) is 5.26 Å². The molecule has 0 unspecified atom stereocenters. The number of nitrogens with one attached hydrogen (secondary N) is 1. The molecule has 0 bridgehead atoms. The molecule has 5 nitrogen and oxygen atoms in total. The number of anilines is 1. The molecule has 1 atom stereocenters. The normalized spacial score (nSPS) is 11.5. The van der Waals surface area contributed by atoms with E-state index in [1.54, 1.807) is 6.20 Å². The lowest BCUT2D eigenvalue weighted by atomic mass is 10.0. The molecular weight excluding hydrogens is 310 g/mol. The van der Waals surface area contributed by atoms with E-state index in [-0.39, 0.29) is 11.7 Å². The first-order chi connectivity index (χ1) is 11.3. The van der Waals surface area contributed by atoms with Crippen LogP contribution in [-0.2, 0) is 0 Å². The SMILES string of the molecule is N#Cc1nccnc1N[C@H](c1cccc(Cl)c1)c1ccccn1. The number of hydrogen-bond donors (Lipinski definition) is 1. The molecule has 112 valence electrons. The number of halogens is 1. The van der Waals surface area contributed by atoms with Crippen LogP contribution in [0.1, 0.15) is 23.0 Å². The summed E-state index contributed by atoms with van der Waals surface area (Å²) in [5.74, 6) is 0.408. The van der Waals surface area contributed by atoms with Gasteiger partial charge in [-0.15, -0.1) is 0 Å². The van der Waals surface area contributed by atoms with Crippen LogP contribution in [0.4, 0.5) is 5.82 Å². The first kappa shape index (κ1) is 14.9. The highest BCUT2D eigenvalue weighted by Crippen LogP contribution is 2.27. The van der Waals surface area contributed by atoms with Crippen LogP contribution in [0.2, 0.25) is 5.02 Å². The molecule has 23 heavy (non-hydrogen) atoms. The number of benzene rings is 1. The van der Waals surface area contributed by atoms with Crippen LogP contribution < -0.4 is 5.32 Å². The lowest BCUT2D eigenvalue weighted by molar-refractivity contribution is 0.873. The van der Waals surface area contributed by atoms with E-state index in [2.05, 4.69) is 20.3 Å². The Morgan fingerprint density at radius 1 is 1.00 bits per heavy atom. The van der Waals surface area contributed by atoms with Crippen LogP contribution in [0.5, 0.6) is 0 Å². The standard InChI is InChI=1S/C17H12ClN5/c18-13-5-3-4-12(10-13)16(14-6-1-2-7-20-14)23-17-15(11-19)21-8-9-22-17/h1-10,16H,(H,22,23)/t16-/m1/s1. The molecule has 0 aliphatic carbocycles. The predicted molar refractivity (Wildman–Crippen MR) is 87.9 cm³/mol. The number of pyridine rings is 1. The fraction of sp³-hybridized carbons (Fsp3) is 0.0588. The van der Waals surface area contributed by atoms with Crippen molar-refractivity contribution in [2.45, 2.75) is 6.04 Å². The molecule has 0 radical (unpaired) electrons. The monoisotopic (exact) mass is 321 g/mol. The van der Waals surface area contributed by atoms with Crippen LogP contribution in [-0.4, -0.2) is 15.0 Å². The summed E-state index contributed by atoms with van der Waals surface area (Å²) in [7, 11) is 0. The summed E-state index contributed by atoms with van der Waals surface area (Å²) in [6.07, 6.45) is 4.74. The minimum Gasteiger partial charge on any atom is -0.355 e. The molecule has 3 rings (SSSR count). The molecule has 6 heteroatoms. The van der Waals surface area contributed by atoms with Crippen molar-refractivity contribution >= 4 is 17.4 Å². The van der Waals surface area contributed by atoms with Gasteiger partial charge in [0.25, 0.3) is 0 Å². The second-order valence-electron chi connectivity index (χ2n) is 4.75. The van der Waals surface area contributed by atoms with Crippen molar-refractivity contribution in [3.05, 3.63) is 83.0 Å². The summed E-state index contributed by atoms with van der Waals surface area (Å²) >= 11 is 6.11. The smallest absolute Gasteiger partial charge is 0.183 e. The molecule has 0 saturated heterocycles. The number of nitrogens with zero attached hydrogens (tertiary/aromatic N) is 4. The highest BCUT2D eigenvalue weighted by atomic mass is 35.5. The van der Waals surface area contributed by atoms with Gasteiger partial charge in [-0.2, -0.15) is 5.26 Å². The number of hydrogen-bond acceptors (Lipinski definition) is 5. The van der Waals surface area contributed by atoms with Gasteiger partial charge in [0.1, 0.15) is 6.07 Å². The maximum absolute atomic E-state index is 9.19. The summed E-state index contributed by atoms with van der Waals surface area (Å²) < 4.78 is 0. The van der Waals surface area contributed by atoms with Crippen molar-refractivity contribution in [2.24, 2.45) is 0 Å². The first-order valence-electron chi connectivity index (χ1n) is 6.92. The zero-order chi connectivity index (χ0) is 16.1. The number of nitriles is 1. The molecule has 0 fully saturated rings. The maximum atomic E-state index is 9.19. The van der Waals surface area contributed by atoms with Gasteiger partial charge in [-0.05, 0) is 29.8 Å². The molecule has 0 aliphatic rings. The second kappa shape index (κ2) is 6.86. The van der Waals surface area contributed by atoms with E-state index in [1.165, 1.54) is 12.4 Å². The van der Waals surface area contributed by atoms with Crippen LogP contribution in [0, 0.1) is 11.3 Å². The van der Waals surface area contributed by atoms with Crippen LogP contribution in [0.25, 0.3) is 0 Å². The minimum atomic E-state index is -0.293. The van der Waals surface area contributed by atoms with Gasteiger partial charge in [0.05, 0.1) is 11.7 Å². The van der Waals surface area contributed by atoms with E-state index in [1.807, 2.05) is 48.5 Å². The van der Waals surface area contributed by atoms with E-state index < -0.39 is 0 Å². The third kappa shape index (κ3) is 3.44. The van der Waals surface area contributed by atoms with Crippen molar-refractivity contribution in [1.29, 1.82) is 5.26 Å². The van der Waals surface area contributed by atoms with Crippen molar-refractivity contribution in [3.8, 4) is 6.07 Å². The molecule has 0 aliphatic heterocycles. The van der Waals surface area contributed by atoms with E-state index in [0.29, 0.717) is 10.8 Å². The maximum Gasteiger partial charge on any atom is 0.183 e. The fourth-order valence-corrected chi connectivity index (χ4v) is 2.42. The first-order valence-corrected chi connectivity index (χ1v) is 7.30. The molecule has 0 amide bonds. The molecular formula is C17H12ClN5. The summed E-state index contributed by atoms with van der Waals surface area (Å²) in [5.41, 5.74) is 1.95. The summed E-state index contributed by atoms with van der Waals surface area (Å²) in [5, 5.41) is 13.1. The van der Waals surface area contributed by atoms with Crippen LogP contribution >= 0.6 is 11.6 Å². The molecule has 2 aromatic heterocycles. The molecule has 1 aromatic carbocycles. The van der Waals surface area contributed by atoms with Gasteiger partial charge >= 0.3 is 0 Å². The molecule has 2 heterocycles. The minimum absolute atomic E-state index is 0.232. The lowest BCUT2D eigenvalue weighted by Crippen LogP contribution is -2.16. The Morgan fingerprint density at radius 2 is 1.87 bits per heavy atom. The van der Waals surface area contributed by atoms with Crippen molar-refractivity contribution in [1.82, 2.24) is 15.0 Å². The Hall–Kier alpha value is -2.97. The summed E-state index contributed by atoms with van der Waals surface area (Å²) in [4.78, 5) is 12.6. The highest BCUT2D eigenvalue weighted by molar-refractivity contribution is 6.30. The van der Waals surface area contributed by atoms with Crippen LogP contribution in [0.15, 0.2) is 61.1 Å². The van der Waals surface area contributed by atoms with E-state index >= 15 is 0 Å². The Labute approximate surface area is 138 Å². The fourth-order valence-electron chi connectivity index (χ4n) is 2.22. The van der Waals surface area contributed by atoms with Crippen molar-refractivity contribution in [2.75, 3.05) is 5.32 Å². The highest BCUT2D eigenvalue weighted by Gasteiger charge is 2.18. The Kier molecular flexibility index (Phi) is 4.46. The summed E-state index contributed by atoms with van der Waals surface area (Å²) in [6, 6.07) is 14.9. The van der Waals surface area contributed by atoms with Gasteiger partial charge in [-0.1, -0.05) is 29.8 Å². The third-order valence-electron chi connectivity index (χ3n) is 3.25. The van der Waals surface area contributed by atoms with E-state index in [0.717, 1.165) is 11.3 Å². The lowest BCUT2D eigenvalue weighted by Gasteiger charge is -2.19. The third-order valence-corrected chi connectivity index (χ3v) is 3.49. The molecule has 3 aromatic rings. The Balaban J connectivity index is 2.04. The quantitative estimate of drug-likeness (QED) is 0.794. The van der Waals surface area contributed by atoms with Crippen LogP contribution in [0.3, 0.4) is 0 Å². The Bertz CT molecular complexity index is 845. The zero-order valence-electron chi connectivity index (χ0n) is 12.0. The van der Waals surface area contributed by atoms with Gasteiger partial charge in [-0.3, -0.25) is 4.98 Å². The van der Waals surface area contributed by atoms with Gasteiger partial charge in [0, 0.05) is 23.6 Å². The average molecular weight is 322 g/mol. The Morgan fingerprint density at radius 3 is 2.61 bits per heavy atom. The topological polar surface area (TPSA) is 74.5 Å². The van der Waals surface area contributed by atoms with Crippen molar-refractivity contribution < 1.29 is 0 Å². The predicted octanol–water partition coefficient (Wildman–Crippen LogP) is 3.60.